The molecule has 0 saturated carbocycles. The molecule has 1 atom stereocenters. The van der Waals surface area contributed by atoms with Gasteiger partial charge in [-0.1, -0.05) is 36.4 Å². The average Bonchev–Trinajstić information content (AvgIpc) is 2.83. The maximum Gasteiger partial charge on any atom is 0.266 e. The smallest absolute Gasteiger partial charge is 0.266 e. The number of amides is 1. The molecule has 0 radical (unpaired) electrons. The number of rotatable bonds is 11. The number of nitrogens with one attached hydrogen (secondary N) is 2. The van der Waals surface area contributed by atoms with Gasteiger partial charge in [-0.25, -0.2) is 5.43 Å². The normalized spacial score (nSPS) is 11.5. The van der Waals surface area contributed by atoms with E-state index in [9.17, 15) is 9.59 Å². The minimum Gasteiger partial charge on any atom is -0.487 e. The number of carbonyl (C=O) groups excluding carboxylic acids is 2. The van der Waals surface area contributed by atoms with Gasteiger partial charge in [0, 0.05) is 11.8 Å². The van der Waals surface area contributed by atoms with Gasteiger partial charge < -0.3 is 9.53 Å². The predicted molar refractivity (Wildman–Crippen MR) is 124 cm³/mol. The quantitative estimate of drug-likeness (QED) is 0.351. The lowest BCUT2D eigenvalue weighted by Gasteiger charge is -2.16. The molecule has 0 fully saturated rings. The molecular formula is C24H25N3O3S. The van der Waals surface area contributed by atoms with Gasteiger partial charge in [0.05, 0.1) is 12.2 Å². The lowest BCUT2D eigenvalue weighted by atomic mass is 9.97. The molecule has 0 spiro atoms. The van der Waals surface area contributed by atoms with E-state index in [-0.39, 0.29) is 5.91 Å². The number of aromatic nitrogens is 1. The zero-order chi connectivity index (χ0) is 21.9. The van der Waals surface area contributed by atoms with Crippen LogP contribution in [0.5, 0.6) is 5.75 Å². The molecule has 0 aliphatic carbocycles. The summed E-state index contributed by atoms with van der Waals surface area (Å²) < 4.78 is 5.80. The third kappa shape index (κ3) is 6.67. The number of aldehydes is 1. The molecule has 2 N–H and O–H groups in total. The predicted octanol–water partition coefficient (Wildman–Crippen LogP) is 3.88. The first-order valence-electron chi connectivity index (χ1n) is 9.92. The Kier molecular flexibility index (Phi) is 8.63. The molecule has 0 bridgehead atoms. The van der Waals surface area contributed by atoms with Crippen molar-refractivity contribution in [3.8, 4) is 16.9 Å². The molecule has 0 aliphatic rings. The third-order valence-electron chi connectivity index (χ3n) is 4.62. The van der Waals surface area contributed by atoms with Gasteiger partial charge in [-0.15, -0.1) is 0 Å². The standard InChI is InChI=1S/C24H25N3O3S/c1-31-13-11-20(16-28)26-27-24(29)22-10-9-18(17-30-21-8-5-12-25-15-21)14-23(22)19-6-3-2-4-7-19/h2-10,12,14-16,20,26H,11,13,17H2,1H3,(H,27,29). The number of benzene rings is 2. The number of pyridine rings is 1. The summed E-state index contributed by atoms with van der Waals surface area (Å²) >= 11 is 1.65. The highest BCUT2D eigenvalue weighted by Gasteiger charge is 2.15. The second-order valence-electron chi connectivity index (χ2n) is 6.85. The fourth-order valence-electron chi connectivity index (χ4n) is 2.98. The van der Waals surface area contributed by atoms with Crippen molar-refractivity contribution in [2.45, 2.75) is 19.1 Å². The van der Waals surface area contributed by atoms with Crippen LogP contribution in [0.15, 0.2) is 73.1 Å². The van der Waals surface area contributed by atoms with Gasteiger partial charge >= 0.3 is 0 Å². The molecule has 1 heterocycles. The molecule has 1 aromatic heterocycles. The second kappa shape index (κ2) is 11.9. The molecule has 3 aromatic rings. The number of hydrazine groups is 1. The van der Waals surface area contributed by atoms with E-state index < -0.39 is 6.04 Å². The van der Waals surface area contributed by atoms with Crippen LogP contribution in [0.25, 0.3) is 11.1 Å². The summed E-state index contributed by atoms with van der Waals surface area (Å²) in [4.78, 5) is 28.2. The van der Waals surface area contributed by atoms with Crippen LogP contribution >= 0.6 is 11.8 Å². The molecular weight excluding hydrogens is 410 g/mol. The van der Waals surface area contributed by atoms with Gasteiger partial charge in [-0.2, -0.15) is 11.8 Å². The largest absolute Gasteiger partial charge is 0.487 e. The summed E-state index contributed by atoms with van der Waals surface area (Å²) in [5.74, 6) is 1.21. The van der Waals surface area contributed by atoms with E-state index in [0.717, 1.165) is 28.7 Å². The van der Waals surface area contributed by atoms with Crippen molar-refractivity contribution >= 4 is 24.0 Å². The number of nitrogens with zero attached hydrogens (tertiary/aromatic N) is 1. The number of thioether (sulfide) groups is 1. The monoisotopic (exact) mass is 435 g/mol. The van der Waals surface area contributed by atoms with Gasteiger partial charge in [-0.3, -0.25) is 15.2 Å². The average molecular weight is 436 g/mol. The molecule has 7 heteroatoms. The number of hydrogen-bond acceptors (Lipinski definition) is 6. The van der Waals surface area contributed by atoms with E-state index >= 15 is 0 Å². The summed E-state index contributed by atoms with van der Waals surface area (Å²) in [6.45, 7) is 0.355. The Hall–Kier alpha value is -3.16. The van der Waals surface area contributed by atoms with Gasteiger partial charge in [0.25, 0.3) is 5.91 Å². The third-order valence-corrected chi connectivity index (χ3v) is 5.27. The zero-order valence-electron chi connectivity index (χ0n) is 17.3. The summed E-state index contributed by atoms with van der Waals surface area (Å²) in [6, 6.07) is 18.5. The van der Waals surface area contributed by atoms with Crippen molar-refractivity contribution in [3.63, 3.8) is 0 Å². The molecule has 2 aromatic carbocycles. The van der Waals surface area contributed by atoms with Gasteiger partial charge in [0.2, 0.25) is 0 Å². The number of ether oxygens (including phenoxy) is 1. The van der Waals surface area contributed by atoms with Crippen molar-refractivity contribution in [3.05, 3.63) is 84.2 Å². The van der Waals surface area contributed by atoms with Crippen molar-refractivity contribution in [1.82, 2.24) is 15.8 Å². The van der Waals surface area contributed by atoms with Crippen LogP contribution in [0.1, 0.15) is 22.3 Å². The molecule has 31 heavy (non-hydrogen) atoms. The summed E-state index contributed by atoms with van der Waals surface area (Å²) in [5, 5.41) is 0. The Morgan fingerprint density at radius 1 is 1.16 bits per heavy atom. The van der Waals surface area contributed by atoms with E-state index in [4.69, 9.17) is 4.74 Å². The van der Waals surface area contributed by atoms with Crippen molar-refractivity contribution < 1.29 is 14.3 Å². The summed E-state index contributed by atoms with van der Waals surface area (Å²) in [5.41, 5.74) is 8.66. The highest BCUT2D eigenvalue weighted by molar-refractivity contribution is 7.98. The Morgan fingerprint density at radius 3 is 2.71 bits per heavy atom. The molecule has 0 saturated heterocycles. The number of hydrogen-bond donors (Lipinski definition) is 2. The van der Waals surface area contributed by atoms with Crippen LogP contribution in [-0.4, -0.2) is 35.2 Å². The fraction of sp³-hybridized carbons (Fsp3) is 0.208. The topological polar surface area (TPSA) is 80.3 Å². The lowest BCUT2D eigenvalue weighted by Crippen LogP contribution is -2.45. The first kappa shape index (κ1) is 22.5. The Labute approximate surface area is 186 Å². The lowest BCUT2D eigenvalue weighted by molar-refractivity contribution is -0.109. The minimum absolute atomic E-state index is 0.297. The molecule has 1 unspecified atom stereocenters. The maximum atomic E-state index is 12.9. The first-order valence-corrected chi connectivity index (χ1v) is 11.3. The summed E-state index contributed by atoms with van der Waals surface area (Å²) in [6.07, 6.45) is 6.78. The second-order valence-corrected chi connectivity index (χ2v) is 7.83. The van der Waals surface area contributed by atoms with Crippen molar-refractivity contribution in [1.29, 1.82) is 0 Å². The van der Waals surface area contributed by atoms with Gasteiger partial charge in [0.1, 0.15) is 18.6 Å². The molecule has 1 amide bonds. The number of carbonyl (C=O) groups is 2. The Morgan fingerprint density at radius 2 is 2.00 bits per heavy atom. The molecule has 6 nitrogen and oxygen atoms in total. The molecule has 3 rings (SSSR count). The van der Waals surface area contributed by atoms with E-state index in [1.807, 2.05) is 60.9 Å². The maximum absolute atomic E-state index is 12.9. The van der Waals surface area contributed by atoms with Crippen LogP contribution in [-0.2, 0) is 11.4 Å². The Bertz CT molecular complexity index is 984. The minimum atomic E-state index is -0.427. The molecule has 160 valence electrons. The van der Waals surface area contributed by atoms with Crippen molar-refractivity contribution in [2.24, 2.45) is 0 Å². The first-order chi connectivity index (χ1) is 15.2. The fourth-order valence-corrected chi connectivity index (χ4v) is 3.47. The van der Waals surface area contributed by atoms with E-state index in [0.29, 0.717) is 24.3 Å². The highest BCUT2D eigenvalue weighted by Crippen LogP contribution is 2.26. The van der Waals surface area contributed by atoms with Crippen molar-refractivity contribution in [2.75, 3.05) is 12.0 Å². The molecule has 0 aliphatic heterocycles. The zero-order valence-corrected chi connectivity index (χ0v) is 18.1. The van der Waals surface area contributed by atoms with E-state index in [1.54, 1.807) is 30.2 Å². The Balaban J connectivity index is 1.78. The van der Waals surface area contributed by atoms with Crippen LogP contribution in [0.3, 0.4) is 0 Å². The SMILES string of the molecule is CSCCC(C=O)NNC(=O)c1ccc(COc2cccnc2)cc1-c1ccccc1. The van der Waals surface area contributed by atoms with Gasteiger partial charge in [-0.05, 0) is 59.4 Å². The van der Waals surface area contributed by atoms with Gasteiger partial charge in [0.15, 0.2) is 0 Å². The van der Waals surface area contributed by atoms with E-state index in [1.165, 1.54) is 0 Å². The highest BCUT2D eigenvalue weighted by atomic mass is 32.2. The van der Waals surface area contributed by atoms with E-state index in [2.05, 4.69) is 15.8 Å². The van der Waals surface area contributed by atoms with Crippen LogP contribution in [0.4, 0.5) is 0 Å². The summed E-state index contributed by atoms with van der Waals surface area (Å²) in [7, 11) is 0. The van der Waals surface area contributed by atoms with Crippen LogP contribution in [0.2, 0.25) is 0 Å². The van der Waals surface area contributed by atoms with Crippen LogP contribution in [0, 0.1) is 0 Å². The van der Waals surface area contributed by atoms with Crippen LogP contribution < -0.4 is 15.6 Å².